The quantitative estimate of drug-likeness (QED) is 0.397. The molecule has 4 aromatic rings. The van der Waals surface area contributed by atoms with Crippen LogP contribution in [0.1, 0.15) is 44.7 Å². The zero-order valence-electron chi connectivity index (χ0n) is 16.0. The lowest BCUT2D eigenvalue weighted by Crippen LogP contribution is -2.19. The smallest absolute Gasteiger partial charge is 0.135 e. The number of aromatic nitrogens is 1. The van der Waals surface area contributed by atoms with Gasteiger partial charge >= 0.3 is 0 Å². The molecule has 0 fully saturated rings. The molecule has 0 unspecified atom stereocenters. The lowest BCUT2D eigenvalue weighted by Gasteiger charge is -2.27. The van der Waals surface area contributed by atoms with Gasteiger partial charge in [0.2, 0.25) is 0 Å². The Morgan fingerprint density at radius 1 is 0.885 bits per heavy atom. The summed E-state index contributed by atoms with van der Waals surface area (Å²) >= 11 is 0. The van der Waals surface area contributed by atoms with E-state index in [0.717, 1.165) is 40.7 Å². The van der Waals surface area contributed by atoms with E-state index in [1.54, 1.807) is 0 Å². The molecule has 0 aliphatic carbocycles. The summed E-state index contributed by atoms with van der Waals surface area (Å²) in [6.45, 7) is 8.97. The van der Waals surface area contributed by atoms with Gasteiger partial charge in [-0.25, -0.2) is 0 Å². The van der Waals surface area contributed by atoms with Crippen LogP contribution in [0.4, 0.5) is 0 Å². The molecule has 0 aliphatic rings. The van der Waals surface area contributed by atoms with Crippen molar-refractivity contribution in [1.29, 1.82) is 0 Å². The molecule has 0 saturated heterocycles. The number of hydrogen-bond donors (Lipinski definition) is 0. The van der Waals surface area contributed by atoms with Crippen molar-refractivity contribution in [2.75, 3.05) is 0 Å². The third-order valence-corrected chi connectivity index (χ3v) is 5.94. The molecule has 26 heavy (non-hydrogen) atoms. The molecule has 2 nitrogen and oxygen atoms in total. The molecule has 2 aromatic carbocycles. The Hall–Kier alpha value is -2.61. The minimum Gasteiger partial charge on any atom is -0.456 e. The van der Waals surface area contributed by atoms with Gasteiger partial charge in [0, 0.05) is 22.5 Å². The van der Waals surface area contributed by atoms with E-state index in [4.69, 9.17) is 4.42 Å². The summed E-state index contributed by atoms with van der Waals surface area (Å²) in [5.74, 6) is 0. The van der Waals surface area contributed by atoms with E-state index in [-0.39, 0.29) is 5.41 Å². The molecule has 0 atom stereocenters. The van der Waals surface area contributed by atoms with E-state index in [2.05, 4.69) is 81.2 Å². The standard InChI is InChI=1S/C24H25NO/c1-5-24(4,6-2)18-11-12-25-21(15-18)17-8-10-23-20(14-17)19-13-16(3)7-9-22(19)26-23/h7-15H,5-6H2,1-4H3. The molecule has 0 aliphatic heterocycles. The van der Waals surface area contributed by atoms with E-state index in [0.29, 0.717) is 0 Å². The Bertz CT molecular complexity index is 1090. The topological polar surface area (TPSA) is 26.0 Å². The second-order valence-electron chi connectivity index (χ2n) is 7.51. The summed E-state index contributed by atoms with van der Waals surface area (Å²) in [4.78, 5) is 4.65. The summed E-state index contributed by atoms with van der Waals surface area (Å²) in [7, 11) is 0. The number of furan rings is 1. The lowest BCUT2D eigenvalue weighted by atomic mass is 9.78. The summed E-state index contributed by atoms with van der Waals surface area (Å²) < 4.78 is 5.99. The summed E-state index contributed by atoms with van der Waals surface area (Å²) in [6.07, 6.45) is 4.19. The van der Waals surface area contributed by atoms with Crippen LogP contribution in [-0.4, -0.2) is 4.98 Å². The molecule has 0 N–H and O–H groups in total. The van der Waals surface area contributed by atoms with Gasteiger partial charge in [-0.05, 0) is 73.2 Å². The molecule has 0 spiro atoms. The van der Waals surface area contributed by atoms with E-state index in [1.807, 2.05) is 6.20 Å². The number of aryl methyl sites for hydroxylation is 1. The van der Waals surface area contributed by atoms with Crippen molar-refractivity contribution in [2.24, 2.45) is 0 Å². The summed E-state index contributed by atoms with van der Waals surface area (Å²) in [6, 6.07) is 17.1. The number of pyridine rings is 1. The Labute approximate surface area is 154 Å². The monoisotopic (exact) mass is 343 g/mol. The van der Waals surface area contributed by atoms with Crippen LogP contribution in [0, 0.1) is 6.92 Å². The van der Waals surface area contributed by atoms with Crippen molar-refractivity contribution >= 4 is 21.9 Å². The van der Waals surface area contributed by atoms with Crippen LogP contribution in [-0.2, 0) is 5.41 Å². The average molecular weight is 343 g/mol. The number of fused-ring (bicyclic) bond motifs is 3. The van der Waals surface area contributed by atoms with Gasteiger partial charge < -0.3 is 4.42 Å². The van der Waals surface area contributed by atoms with Crippen LogP contribution in [0.5, 0.6) is 0 Å². The molecule has 0 bridgehead atoms. The molecule has 2 aromatic heterocycles. The highest BCUT2D eigenvalue weighted by atomic mass is 16.3. The van der Waals surface area contributed by atoms with Crippen LogP contribution in [0.15, 0.2) is 59.1 Å². The van der Waals surface area contributed by atoms with Crippen LogP contribution >= 0.6 is 0 Å². The van der Waals surface area contributed by atoms with Crippen molar-refractivity contribution in [1.82, 2.24) is 4.98 Å². The first-order valence-corrected chi connectivity index (χ1v) is 9.44. The van der Waals surface area contributed by atoms with Crippen molar-refractivity contribution in [2.45, 2.75) is 46.0 Å². The average Bonchev–Trinajstić information content (AvgIpc) is 3.04. The fraction of sp³-hybridized carbons (Fsp3) is 0.292. The van der Waals surface area contributed by atoms with Crippen molar-refractivity contribution in [3.05, 3.63) is 65.9 Å². The van der Waals surface area contributed by atoms with E-state index in [1.165, 1.54) is 16.5 Å². The van der Waals surface area contributed by atoms with Crippen LogP contribution in [0.25, 0.3) is 33.2 Å². The van der Waals surface area contributed by atoms with Crippen molar-refractivity contribution in [3.63, 3.8) is 0 Å². The number of nitrogens with zero attached hydrogens (tertiary/aromatic N) is 1. The SMILES string of the molecule is CCC(C)(CC)c1ccnc(-c2ccc3oc4ccc(C)cc4c3c2)c1. The minimum atomic E-state index is 0.196. The summed E-state index contributed by atoms with van der Waals surface area (Å²) in [5, 5.41) is 2.33. The second kappa shape index (κ2) is 6.28. The molecular weight excluding hydrogens is 318 g/mol. The Kier molecular flexibility index (Phi) is 4.07. The Morgan fingerprint density at radius 3 is 2.31 bits per heavy atom. The van der Waals surface area contributed by atoms with Gasteiger partial charge in [-0.1, -0.05) is 32.4 Å². The molecular formula is C24H25NO. The van der Waals surface area contributed by atoms with Crippen LogP contribution in [0.2, 0.25) is 0 Å². The molecule has 2 heteroatoms. The second-order valence-corrected chi connectivity index (χ2v) is 7.51. The van der Waals surface area contributed by atoms with E-state index >= 15 is 0 Å². The zero-order chi connectivity index (χ0) is 18.3. The van der Waals surface area contributed by atoms with Gasteiger partial charge in [-0.15, -0.1) is 0 Å². The molecule has 2 heterocycles. The first-order chi connectivity index (χ1) is 12.5. The Morgan fingerprint density at radius 2 is 1.58 bits per heavy atom. The van der Waals surface area contributed by atoms with E-state index < -0.39 is 0 Å². The van der Waals surface area contributed by atoms with Gasteiger partial charge in [-0.3, -0.25) is 4.98 Å². The molecule has 0 radical (unpaired) electrons. The molecule has 132 valence electrons. The molecule has 0 saturated carbocycles. The van der Waals surface area contributed by atoms with Gasteiger partial charge in [0.25, 0.3) is 0 Å². The van der Waals surface area contributed by atoms with Gasteiger partial charge in [0.15, 0.2) is 0 Å². The maximum absolute atomic E-state index is 5.99. The van der Waals surface area contributed by atoms with Crippen LogP contribution in [0.3, 0.4) is 0 Å². The fourth-order valence-electron chi connectivity index (χ4n) is 3.67. The number of hydrogen-bond acceptors (Lipinski definition) is 2. The van der Waals surface area contributed by atoms with E-state index in [9.17, 15) is 0 Å². The lowest BCUT2D eigenvalue weighted by molar-refractivity contribution is 0.438. The Balaban J connectivity index is 1.87. The van der Waals surface area contributed by atoms with Gasteiger partial charge in [0.1, 0.15) is 11.2 Å². The first-order valence-electron chi connectivity index (χ1n) is 9.44. The normalized spacial score (nSPS) is 12.2. The number of benzene rings is 2. The van der Waals surface area contributed by atoms with Crippen molar-refractivity contribution in [3.8, 4) is 11.3 Å². The molecule has 0 amide bonds. The fourth-order valence-corrected chi connectivity index (χ4v) is 3.67. The van der Waals surface area contributed by atoms with Crippen LogP contribution < -0.4 is 0 Å². The minimum absolute atomic E-state index is 0.196. The third kappa shape index (κ3) is 2.70. The highest BCUT2D eigenvalue weighted by Crippen LogP contribution is 2.35. The van der Waals surface area contributed by atoms with Crippen molar-refractivity contribution < 1.29 is 4.42 Å². The predicted octanol–water partition coefficient (Wildman–Crippen LogP) is 7.03. The zero-order valence-corrected chi connectivity index (χ0v) is 16.0. The van der Waals surface area contributed by atoms with Gasteiger partial charge in [-0.2, -0.15) is 0 Å². The maximum atomic E-state index is 5.99. The first kappa shape index (κ1) is 16.8. The highest BCUT2D eigenvalue weighted by Gasteiger charge is 2.22. The molecule has 4 rings (SSSR count). The largest absolute Gasteiger partial charge is 0.456 e. The summed E-state index contributed by atoms with van der Waals surface area (Å²) in [5.41, 5.74) is 6.83. The predicted molar refractivity (Wildman–Crippen MR) is 110 cm³/mol. The third-order valence-electron chi connectivity index (χ3n) is 5.94. The number of rotatable bonds is 4. The highest BCUT2D eigenvalue weighted by molar-refractivity contribution is 6.06. The van der Waals surface area contributed by atoms with Gasteiger partial charge in [0.05, 0.1) is 5.69 Å². The maximum Gasteiger partial charge on any atom is 0.135 e.